The van der Waals surface area contributed by atoms with Crippen LogP contribution < -0.4 is 5.32 Å². The molecule has 0 aliphatic rings. The number of nitrogens with one attached hydrogen (secondary N) is 1. The highest BCUT2D eigenvalue weighted by molar-refractivity contribution is 7.99. The molecule has 3 rings (SSSR count). The number of hydrogen-bond acceptors (Lipinski definition) is 6. The van der Waals surface area contributed by atoms with E-state index in [9.17, 15) is 9.59 Å². The van der Waals surface area contributed by atoms with Gasteiger partial charge in [-0.25, -0.2) is 0 Å². The monoisotopic (exact) mass is 508 g/mol. The molecule has 1 atom stereocenters. The normalized spacial score (nSPS) is 11.9. The maximum absolute atomic E-state index is 12.7. The summed E-state index contributed by atoms with van der Waals surface area (Å²) in [4.78, 5) is 29.1. The molecule has 0 saturated heterocycles. The first-order valence-electron chi connectivity index (χ1n) is 12.3. The SMILES string of the molecule is CC[C@@H](c1nnc(SCC(=O)Nc2ccc(C(=O)N(CC)CC)cc2)n1Cc1ccccc1)N(C)C. The number of nitrogens with zero attached hydrogens (tertiary/aromatic N) is 5. The highest BCUT2D eigenvalue weighted by Crippen LogP contribution is 2.26. The van der Waals surface area contributed by atoms with Gasteiger partial charge in [-0.05, 0) is 64.2 Å². The van der Waals surface area contributed by atoms with E-state index in [4.69, 9.17) is 0 Å². The van der Waals surface area contributed by atoms with Crippen molar-refractivity contribution in [2.24, 2.45) is 0 Å². The summed E-state index contributed by atoms with van der Waals surface area (Å²) in [7, 11) is 4.08. The first-order chi connectivity index (χ1) is 17.4. The van der Waals surface area contributed by atoms with Crippen LogP contribution in [0.3, 0.4) is 0 Å². The molecule has 0 fully saturated rings. The molecular formula is C27H36N6O2S. The number of aromatic nitrogens is 3. The van der Waals surface area contributed by atoms with E-state index in [0.29, 0.717) is 36.0 Å². The summed E-state index contributed by atoms with van der Waals surface area (Å²) in [5.74, 6) is 0.942. The van der Waals surface area contributed by atoms with E-state index in [-0.39, 0.29) is 23.6 Å². The summed E-state index contributed by atoms with van der Waals surface area (Å²) in [5.41, 5.74) is 2.42. The summed E-state index contributed by atoms with van der Waals surface area (Å²) >= 11 is 1.37. The molecule has 0 saturated carbocycles. The van der Waals surface area contributed by atoms with Gasteiger partial charge in [0.05, 0.1) is 18.3 Å². The molecule has 1 heterocycles. The van der Waals surface area contributed by atoms with Crippen molar-refractivity contribution in [2.45, 2.75) is 44.9 Å². The molecular weight excluding hydrogens is 472 g/mol. The second kappa shape index (κ2) is 13.2. The average molecular weight is 509 g/mol. The van der Waals surface area contributed by atoms with Crippen molar-refractivity contribution in [3.05, 3.63) is 71.5 Å². The molecule has 8 nitrogen and oxygen atoms in total. The second-order valence-corrected chi connectivity index (χ2v) is 9.63. The van der Waals surface area contributed by atoms with Crippen LogP contribution in [0.2, 0.25) is 0 Å². The maximum Gasteiger partial charge on any atom is 0.253 e. The summed E-state index contributed by atoms with van der Waals surface area (Å²) in [5, 5.41) is 12.6. The number of benzene rings is 2. The predicted molar refractivity (Wildman–Crippen MR) is 145 cm³/mol. The Morgan fingerprint density at radius 3 is 2.22 bits per heavy atom. The molecule has 2 amide bonds. The minimum Gasteiger partial charge on any atom is -0.339 e. The number of hydrogen-bond donors (Lipinski definition) is 1. The van der Waals surface area contributed by atoms with Gasteiger partial charge < -0.3 is 14.8 Å². The lowest BCUT2D eigenvalue weighted by molar-refractivity contribution is -0.113. The van der Waals surface area contributed by atoms with Gasteiger partial charge in [0.25, 0.3) is 5.91 Å². The summed E-state index contributed by atoms with van der Waals surface area (Å²) in [6.45, 7) is 8.01. The molecule has 192 valence electrons. The fraction of sp³-hybridized carbons (Fsp3) is 0.407. The van der Waals surface area contributed by atoms with E-state index in [1.165, 1.54) is 11.8 Å². The third kappa shape index (κ3) is 6.95. The molecule has 0 spiro atoms. The third-order valence-corrected chi connectivity index (χ3v) is 7.00. The Labute approximate surface area is 218 Å². The highest BCUT2D eigenvalue weighted by atomic mass is 32.2. The largest absolute Gasteiger partial charge is 0.339 e. The Kier molecular flexibility index (Phi) is 10.1. The molecule has 0 aliphatic heterocycles. The second-order valence-electron chi connectivity index (χ2n) is 8.69. The van der Waals surface area contributed by atoms with Gasteiger partial charge in [0.1, 0.15) is 0 Å². The Hall–Kier alpha value is -3.17. The van der Waals surface area contributed by atoms with Crippen molar-refractivity contribution in [3.63, 3.8) is 0 Å². The molecule has 0 unspecified atom stereocenters. The van der Waals surface area contributed by atoms with E-state index >= 15 is 0 Å². The maximum atomic E-state index is 12.7. The van der Waals surface area contributed by atoms with Crippen LogP contribution in [0.4, 0.5) is 5.69 Å². The van der Waals surface area contributed by atoms with E-state index in [2.05, 4.69) is 44.0 Å². The van der Waals surface area contributed by atoms with Crippen LogP contribution in [0.5, 0.6) is 0 Å². The molecule has 1 N–H and O–H groups in total. The first kappa shape index (κ1) is 27.4. The Bertz CT molecular complexity index is 1130. The van der Waals surface area contributed by atoms with Crippen LogP contribution in [0.1, 0.15) is 55.0 Å². The van der Waals surface area contributed by atoms with Gasteiger partial charge in [0.2, 0.25) is 5.91 Å². The zero-order chi connectivity index (χ0) is 26.1. The van der Waals surface area contributed by atoms with Gasteiger partial charge in [-0.2, -0.15) is 0 Å². The van der Waals surface area contributed by atoms with Crippen LogP contribution in [0.15, 0.2) is 59.8 Å². The Morgan fingerprint density at radius 2 is 1.64 bits per heavy atom. The first-order valence-corrected chi connectivity index (χ1v) is 13.3. The molecule has 2 aromatic carbocycles. The number of amides is 2. The fourth-order valence-electron chi connectivity index (χ4n) is 4.06. The average Bonchev–Trinajstić information content (AvgIpc) is 3.26. The standard InChI is InChI=1S/C27H36N6O2S/c1-6-23(31(4)5)25-29-30-27(33(25)18-20-12-10-9-11-13-20)36-19-24(34)28-22-16-14-21(15-17-22)26(35)32(7-2)8-3/h9-17,23H,6-8,18-19H2,1-5H3,(H,28,34)/t23-/m0/s1. The van der Waals surface area contributed by atoms with Gasteiger partial charge in [-0.3, -0.25) is 14.5 Å². The number of rotatable bonds is 12. The highest BCUT2D eigenvalue weighted by Gasteiger charge is 2.22. The van der Waals surface area contributed by atoms with Gasteiger partial charge in [-0.15, -0.1) is 10.2 Å². The third-order valence-electron chi connectivity index (χ3n) is 6.04. The Balaban J connectivity index is 1.69. The van der Waals surface area contributed by atoms with Crippen molar-refractivity contribution in [1.82, 2.24) is 24.6 Å². The summed E-state index contributed by atoms with van der Waals surface area (Å²) in [6, 6.07) is 17.3. The number of carbonyl (C=O) groups is 2. The minimum atomic E-state index is -0.140. The molecule has 0 aliphatic carbocycles. The lowest BCUT2D eigenvalue weighted by Crippen LogP contribution is -2.30. The van der Waals surface area contributed by atoms with E-state index in [1.807, 2.05) is 46.1 Å². The van der Waals surface area contributed by atoms with Crippen LogP contribution in [0, 0.1) is 0 Å². The quantitative estimate of drug-likeness (QED) is 0.361. The summed E-state index contributed by atoms with van der Waals surface area (Å²) in [6.07, 6.45) is 0.901. The number of anilines is 1. The van der Waals surface area contributed by atoms with Gasteiger partial charge in [0, 0.05) is 24.3 Å². The van der Waals surface area contributed by atoms with Crippen LogP contribution in [-0.4, -0.2) is 69.3 Å². The van der Waals surface area contributed by atoms with Gasteiger partial charge in [0.15, 0.2) is 11.0 Å². The molecule has 0 radical (unpaired) electrons. The number of carbonyl (C=O) groups excluding carboxylic acids is 2. The van der Waals surface area contributed by atoms with Gasteiger partial charge in [-0.1, -0.05) is 49.0 Å². The molecule has 3 aromatic rings. The summed E-state index contributed by atoms with van der Waals surface area (Å²) < 4.78 is 2.11. The fourth-order valence-corrected chi connectivity index (χ4v) is 4.81. The zero-order valence-corrected chi connectivity index (χ0v) is 22.6. The lowest BCUT2D eigenvalue weighted by Gasteiger charge is -2.23. The molecule has 1 aromatic heterocycles. The topological polar surface area (TPSA) is 83.4 Å². The van der Waals surface area contributed by atoms with Crippen LogP contribution >= 0.6 is 11.8 Å². The molecule has 0 bridgehead atoms. The zero-order valence-electron chi connectivity index (χ0n) is 21.8. The van der Waals surface area contributed by atoms with Crippen molar-refractivity contribution >= 4 is 29.3 Å². The van der Waals surface area contributed by atoms with Crippen molar-refractivity contribution < 1.29 is 9.59 Å². The predicted octanol–water partition coefficient (Wildman–Crippen LogP) is 4.55. The van der Waals surface area contributed by atoms with E-state index in [1.54, 1.807) is 29.2 Å². The van der Waals surface area contributed by atoms with Crippen molar-refractivity contribution in [1.29, 1.82) is 0 Å². The van der Waals surface area contributed by atoms with Crippen LogP contribution in [-0.2, 0) is 11.3 Å². The van der Waals surface area contributed by atoms with Crippen molar-refractivity contribution in [2.75, 3.05) is 38.3 Å². The smallest absolute Gasteiger partial charge is 0.253 e. The van der Waals surface area contributed by atoms with Crippen LogP contribution in [0.25, 0.3) is 0 Å². The Morgan fingerprint density at radius 1 is 0.972 bits per heavy atom. The lowest BCUT2D eigenvalue weighted by atomic mass is 10.2. The molecule has 9 heteroatoms. The minimum absolute atomic E-state index is 0.00917. The van der Waals surface area contributed by atoms with E-state index in [0.717, 1.165) is 17.8 Å². The molecule has 36 heavy (non-hydrogen) atoms. The van der Waals surface area contributed by atoms with E-state index < -0.39 is 0 Å². The van der Waals surface area contributed by atoms with Gasteiger partial charge >= 0.3 is 0 Å². The number of thioether (sulfide) groups is 1. The van der Waals surface area contributed by atoms with Crippen molar-refractivity contribution in [3.8, 4) is 0 Å².